The number of nitrogens with zero attached hydrogens (tertiary/aromatic N) is 1. The average molecular weight is 344 g/mol. The van der Waals surface area contributed by atoms with E-state index in [4.69, 9.17) is 4.74 Å². The topological polar surface area (TPSA) is 70.9 Å². The number of benzene rings is 2. The first-order chi connectivity index (χ1) is 11.6. The Morgan fingerprint density at radius 1 is 1.29 bits per heavy atom. The summed E-state index contributed by atoms with van der Waals surface area (Å²) < 4.78 is 18.7. The fourth-order valence-electron chi connectivity index (χ4n) is 2.07. The van der Waals surface area contributed by atoms with Gasteiger partial charge in [0.05, 0.1) is 12.0 Å². The van der Waals surface area contributed by atoms with Crippen molar-refractivity contribution in [2.24, 2.45) is 4.99 Å². The van der Waals surface area contributed by atoms with Crippen LogP contribution in [0.25, 0.3) is 6.08 Å². The number of para-hydroxylation sites is 1. The van der Waals surface area contributed by atoms with Crippen molar-refractivity contribution >= 4 is 34.6 Å². The molecule has 1 fully saturated rings. The Labute approximate surface area is 141 Å². The molecule has 0 atom stereocenters. The monoisotopic (exact) mass is 344 g/mol. The van der Waals surface area contributed by atoms with Crippen LogP contribution >= 0.6 is 11.8 Å². The molecule has 1 heterocycles. The average Bonchev–Trinajstić information content (AvgIpc) is 2.91. The van der Waals surface area contributed by atoms with Crippen LogP contribution in [0.4, 0.5) is 10.1 Å². The van der Waals surface area contributed by atoms with Gasteiger partial charge in [-0.15, -0.1) is 0 Å². The molecule has 24 heavy (non-hydrogen) atoms. The van der Waals surface area contributed by atoms with Crippen molar-refractivity contribution in [1.82, 2.24) is 5.32 Å². The molecule has 0 radical (unpaired) electrons. The zero-order valence-electron chi connectivity index (χ0n) is 12.6. The third-order valence-electron chi connectivity index (χ3n) is 3.23. The fourth-order valence-corrected chi connectivity index (χ4v) is 2.90. The van der Waals surface area contributed by atoms with Crippen molar-refractivity contribution in [2.45, 2.75) is 0 Å². The minimum Gasteiger partial charge on any atom is -0.504 e. The molecule has 2 aromatic rings. The van der Waals surface area contributed by atoms with E-state index in [1.807, 2.05) is 0 Å². The molecule has 0 spiro atoms. The number of phenolic OH excluding ortho intramolecular Hbond substituents is 1. The molecular weight excluding hydrogens is 331 g/mol. The zero-order chi connectivity index (χ0) is 17.1. The molecule has 1 amide bonds. The lowest BCUT2D eigenvalue weighted by Crippen LogP contribution is -2.19. The number of carbonyl (C=O) groups is 1. The summed E-state index contributed by atoms with van der Waals surface area (Å²) in [4.78, 5) is 16.6. The van der Waals surface area contributed by atoms with Gasteiger partial charge in [0.1, 0.15) is 11.5 Å². The standard InChI is InChI=1S/C17H13FN2O3S/c1-23-14-8-10(6-7-13(14)21)9-15-16(22)20-17(24-15)19-12-5-3-2-4-11(12)18/h2-9,21H,1H3,(H,19,20,22)/b15-9-. The van der Waals surface area contributed by atoms with E-state index in [0.717, 1.165) is 11.8 Å². The van der Waals surface area contributed by atoms with Gasteiger partial charge >= 0.3 is 0 Å². The van der Waals surface area contributed by atoms with Crippen molar-refractivity contribution in [3.63, 3.8) is 0 Å². The van der Waals surface area contributed by atoms with E-state index in [2.05, 4.69) is 10.3 Å². The Bertz CT molecular complexity index is 865. The Morgan fingerprint density at radius 2 is 2.08 bits per heavy atom. The summed E-state index contributed by atoms with van der Waals surface area (Å²) in [5.74, 6) is -0.444. The second kappa shape index (κ2) is 6.76. The first-order valence-corrected chi connectivity index (χ1v) is 7.79. The number of hydrogen-bond donors (Lipinski definition) is 2. The van der Waals surface area contributed by atoms with Gasteiger partial charge in [0.25, 0.3) is 5.91 Å². The number of ether oxygens (including phenoxy) is 1. The highest BCUT2D eigenvalue weighted by Crippen LogP contribution is 2.31. The highest BCUT2D eigenvalue weighted by Gasteiger charge is 2.24. The highest BCUT2D eigenvalue weighted by atomic mass is 32.2. The number of nitrogens with one attached hydrogen (secondary N) is 1. The summed E-state index contributed by atoms with van der Waals surface area (Å²) in [5, 5.41) is 12.5. The number of aromatic hydroxyl groups is 1. The predicted octanol–water partition coefficient (Wildman–Crippen LogP) is 3.43. The maximum absolute atomic E-state index is 13.6. The highest BCUT2D eigenvalue weighted by molar-refractivity contribution is 8.18. The number of halogens is 1. The molecule has 122 valence electrons. The number of hydrogen-bond acceptors (Lipinski definition) is 5. The van der Waals surface area contributed by atoms with Gasteiger partial charge in [-0.1, -0.05) is 18.2 Å². The molecule has 3 rings (SSSR count). The molecule has 1 saturated heterocycles. The molecule has 2 N–H and O–H groups in total. The first-order valence-electron chi connectivity index (χ1n) is 6.98. The molecule has 7 heteroatoms. The second-order valence-corrected chi connectivity index (χ2v) is 5.90. The number of methoxy groups -OCH3 is 1. The Kier molecular flexibility index (Phi) is 4.52. The molecule has 1 aliphatic heterocycles. The van der Waals surface area contributed by atoms with Gasteiger partial charge in [0.15, 0.2) is 16.7 Å². The molecule has 1 aliphatic rings. The molecule has 2 aromatic carbocycles. The normalized spacial score (nSPS) is 17.3. The summed E-state index contributed by atoms with van der Waals surface area (Å²) in [7, 11) is 1.45. The van der Waals surface area contributed by atoms with Crippen molar-refractivity contribution in [3.8, 4) is 11.5 Å². The molecule has 0 unspecified atom stereocenters. The summed E-state index contributed by atoms with van der Waals surface area (Å²) in [6.07, 6.45) is 1.64. The largest absolute Gasteiger partial charge is 0.504 e. The van der Waals surface area contributed by atoms with Crippen LogP contribution in [0, 0.1) is 5.82 Å². The zero-order valence-corrected chi connectivity index (χ0v) is 13.4. The number of rotatable bonds is 3. The minimum absolute atomic E-state index is 0.0185. The molecule has 0 bridgehead atoms. The summed E-state index contributed by atoms with van der Waals surface area (Å²) in [6.45, 7) is 0. The predicted molar refractivity (Wildman–Crippen MR) is 91.9 cm³/mol. The summed E-state index contributed by atoms with van der Waals surface area (Å²) in [5.41, 5.74) is 0.849. The van der Waals surface area contributed by atoms with Crippen LogP contribution in [0.15, 0.2) is 52.4 Å². The third-order valence-corrected chi connectivity index (χ3v) is 4.14. The number of amidine groups is 1. The summed E-state index contributed by atoms with van der Waals surface area (Å²) in [6, 6.07) is 10.8. The molecule has 5 nitrogen and oxygen atoms in total. The van der Waals surface area contributed by atoms with Crippen LogP contribution in [0.5, 0.6) is 11.5 Å². The number of aliphatic imine (C=N–C) groups is 1. The Morgan fingerprint density at radius 3 is 2.83 bits per heavy atom. The third kappa shape index (κ3) is 3.41. The Hall–Kier alpha value is -2.80. The van der Waals surface area contributed by atoms with Crippen LogP contribution in [-0.2, 0) is 4.79 Å². The summed E-state index contributed by atoms with van der Waals surface area (Å²) >= 11 is 1.12. The molecule has 0 saturated carbocycles. The van der Waals surface area contributed by atoms with Crippen LogP contribution in [0.3, 0.4) is 0 Å². The number of thioether (sulfide) groups is 1. The lowest BCUT2D eigenvalue weighted by molar-refractivity contribution is -0.115. The number of carbonyl (C=O) groups excluding carboxylic acids is 1. The van der Waals surface area contributed by atoms with E-state index in [1.54, 1.807) is 30.3 Å². The van der Waals surface area contributed by atoms with Crippen LogP contribution in [0.1, 0.15) is 5.56 Å². The smallest absolute Gasteiger partial charge is 0.264 e. The van der Waals surface area contributed by atoms with Gasteiger partial charge in [0, 0.05) is 0 Å². The lowest BCUT2D eigenvalue weighted by atomic mass is 10.2. The lowest BCUT2D eigenvalue weighted by Gasteiger charge is -2.03. The minimum atomic E-state index is -0.458. The van der Waals surface area contributed by atoms with Gasteiger partial charge < -0.3 is 15.2 Å². The van der Waals surface area contributed by atoms with E-state index < -0.39 is 5.82 Å². The number of amides is 1. The van der Waals surface area contributed by atoms with E-state index >= 15 is 0 Å². The second-order valence-electron chi connectivity index (χ2n) is 4.86. The first kappa shape index (κ1) is 16.1. The van der Waals surface area contributed by atoms with Crippen molar-refractivity contribution in [3.05, 3.63) is 58.8 Å². The fraction of sp³-hybridized carbons (Fsp3) is 0.0588. The van der Waals surface area contributed by atoms with E-state index in [9.17, 15) is 14.3 Å². The van der Waals surface area contributed by atoms with Gasteiger partial charge in [-0.05, 0) is 47.7 Å². The van der Waals surface area contributed by atoms with Crippen LogP contribution < -0.4 is 10.1 Å². The van der Waals surface area contributed by atoms with Gasteiger partial charge in [0.2, 0.25) is 0 Å². The molecule has 0 aliphatic carbocycles. The van der Waals surface area contributed by atoms with Gasteiger partial charge in [-0.2, -0.15) is 0 Å². The van der Waals surface area contributed by atoms with E-state index in [0.29, 0.717) is 21.4 Å². The van der Waals surface area contributed by atoms with Crippen molar-refractivity contribution in [2.75, 3.05) is 7.11 Å². The maximum atomic E-state index is 13.6. The molecular formula is C17H13FN2O3S. The molecule has 0 aromatic heterocycles. The van der Waals surface area contributed by atoms with Gasteiger partial charge in [-0.25, -0.2) is 9.38 Å². The SMILES string of the molecule is COc1cc(/C=C2\SC(=Nc3ccccc3F)NC2=O)ccc1O. The van der Waals surface area contributed by atoms with Crippen LogP contribution in [-0.4, -0.2) is 23.3 Å². The maximum Gasteiger partial charge on any atom is 0.264 e. The number of phenols is 1. The van der Waals surface area contributed by atoms with Crippen LogP contribution in [0.2, 0.25) is 0 Å². The van der Waals surface area contributed by atoms with E-state index in [-0.39, 0.29) is 17.3 Å². The van der Waals surface area contributed by atoms with E-state index in [1.165, 1.54) is 25.3 Å². The van der Waals surface area contributed by atoms with Crippen molar-refractivity contribution in [1.29, 1.82) is 0 Å². The van der Waals surface area contributed by atoms with Gasteiger partial charge in [-0.3, -0.25) is 4.79 Å². The van der Waals surface area contributed by atoms with Crippen molar-refractivity contribution < 1.29 is 19.0 Å². The Balaban J connectivity index is 1.86. The quantitative estimate of drug-likeness (QED) is 0.837.